The minimum atomic E-state index is -3.21. The maximum absolute atomic E-state index is 11.3. The van der Waals surface area contributed by atoms with Gasteiger partial charge in [-0.05, 0) is 60.4 Å². The van der Waals surface area contributed by atoms with E-state index >= 15 is 0 Å². The third-order valence-electron chi connectivity index (χ3n) is 4.85. The number of piperidine rings is 1. The van der Waals surface area contributed by atoms with Crippen molar-refractivity contribution in [1.29, 1.82) is 0 Å². The van der Waals surface area contributed by atoms with E-state index in [-0.39, 0.29) is 13.2 Å². The maximum atomic E-state index is 11.3. The Labute approximate surface area is 196 Å². The number of hydrogen-bond acceptors (Lipinski definition) is 11. The molecular weight excluding hydrogens is 506 g/mol. The Morgan fingerprint density at radius 3 is 1.50 bits per heavy atom. The molecule has 0 aromatic heterocycles. The van der Waals surface area contributed by atoms with E-state index in [1.54, 1.807) is 0 Å². The van der Waals surface area contributed by atoms with Crippen LogP contribution < -0.4 is 5.32 Å². The second kappa shape index (κ2) is 12.5. The van der Waals surface area contributed by atoms with Crippen LogP contribution in [0.25, 0.3) is 0 Å². The fourth-order valence-electron chi connectivity index (χ4n) is 3.61. The van der Waals surface area contributed by atoms with Crippen molar-refractivity contribution in [2.24, 2.45) is 0 Å². The van der Waals surface area contributed by atoms with Gasteiger partial charge in [0.25, 0.3) is 0 Å². The molecule has 0 bridgehead atoms. The predicted octanol–water partition coefficient (Wildman–Crippen LogP) is 2.57. The minimum Gasteiger partial charge on any atom is -0.450 e. The van der Waals surface area contributed by atoms with Crippen LogP contribution in [0.2, 0.25) is 0 Å². The van der Waals surface area contributed by atoms with Crippen LogP contribution in [0, 0.1) is 0 Å². The van der Waals surface area contributed by atoms with E-state index in [1.165, 1.54) is 0 Å². The molecule has 1 heterocycles. The first-order chi connectivity index (χ1) is 14.7. The van der Waals surface area contributed by atoms with Crippen LogP contribution in [-0.2, 0) is 27.2 Å². The molecule has 1 saturated heterocycles. The summed E-state index contributed by atoms with van der Waals surface area (Å²) in [6.07, 6.45) is 5.02. The summed E-state index contributed by atoms with van der Waals surface area (Å²) in [7, 11) is -4.74. The molecule has 2 rings (SSSR count). The molecule has 32 heavy (non-hydrogen) atoms. The van der Waals surface area contributed by atoms with Crippen molar-refractivity contribution in [2.45, 2.75) is 54.4 Å². The lowest BCUT2D eigenvalue weighted by atomic mass is 9.89. The smallest absolute Gasteiger partial charge is 0.450 e. The van der Waals surface area contributed by atoms with Crippen LogP contribution in [0.1, 0.15) is 44.9 Å². The van der Waals surface area contributed by atoms with Crippen molar-refractivity contribution in [2.75, 3.05) is 38.8 Å². The number of ether oxygens (including phenoxy) is 2. The van der Waals surface area contributed by atoms with Crippen LogP contribution in [0.4, 0.5) is 9.59 Å². The molecule has 0 unspecified atom stereocenters. The van der Waals surface area contributed by atoms with E-state index in [0.717, 1.165) is 53.4 Å². The molecule has 0 spiro atoms. The van der Waals surface area contributed by atoms with E-state index < -0.39 is 39.5 Å². The van der Waals surface area contributed by atoms with Crippen LogP contribution in [0.3, 0.4) is 0 Å². The first-order valence-electron chi connectivity index (χ1n) is 9.89. The van der Waals surface area contributed by atoms with E-state index in [9.17, 15) is 26.4 Å². The third-order valence-corrected chi connectivity index (χ3v) is 11.2. The Morgan fingerprint density at radius 2 is 1.16 bits per heavy atom. The molecule has 11 nitrogen and oxygen atoms in total. The standard InChI is InChI=1S/C9H16O5S2.C8H15NO5S2/c1-16(12,13)15-9(7-14-8(10)11)5-3-2-4-6-9;1-16(12,13)15-8(6-14-7(10)11)2-4-9-5-3-8/h2-7H2,1H3,(H,10,11);9H,2-6H2,1H3,(H,10,11). The van der Waals surface area contributed by atoms with E-state index in [2.05, 4.69) is 14.8 Å². The zero-order chi connectivity index (χ0) is 24.5. The second-order valence-corrected chi connectivity index (χ2v) is 17.4. The summed E-state index contributed by atoms with van der Waals surface area (Å²) in [6, 6.07) is 0. The molecule has 0 radical (unpaired) electrons. The van der Waals surface area contributed by atoms with Gasteiger partial charge in [-0.25, -0.2) is 26.4 Å². The topological polar surface area (TPSA) is 173 Å². The molecule has 1 aliphatic carbocycles. The number of nitrogens with one attached hydrogen (secondary N) is 1. The van der Waals surface area contributed by atoms with Crippen molar-refractivity contribution in [1.82, 2.24) is 5.32 Å². The molecule has 188 valence electrons. The minimum absolute atomic E-state index is 0.0416. The predicted molar refractivity (Wildman–Crippen MR) is 123 cm³/mol. The summed E-state index contributed by atoms with van der Waals surface area (Å²) in [5.41, 5.74) is 0. The quantitative estimate of drug-likeness (QED) is 0.305. The number of hydrogen-bond donors (Lipinski definition) is 3. The Hall–Kier alpha value is -0.900. The molecule has 3 N–H and O–H groups in total. The fourth-order valence-corrected chi connectivity index (χ4v) is 11.1. The zero-order valence-corrected chi connectivity index (χ0v) is 21.3. The largest absolute Gasteiger partial charge is 0.505 e. The van der Waals surface area contributed by atoms with Gasteiger partial charge in [0.1, 0.15) is 13.2 Å². The van der Waals surface area contributed by atoms with Crippen molar-refractivity contribution in [3.8, 4) is 0 Å². The number of carboxylic acid groups (broad SMARTS) is 2. The summed E-state index contributed by atoms with van der Waals surface area (Å²) in [6.45, 7) is 1.22. The molecular formula is C17H31NO10S4. The zero-order valence-electron chi connectivity index (χ0n) is 18.1. The molecule has 0 aromatic carbocycles. The van der Waals surface area contributed by atoms with Crippen molar-refractivity contribution < 1.29 is 46.1 Å². The van der Waals surface area contributed by atoms with Crippen molar-refractivity contribution in [3.05, 3.63) is 0 Å². The number of carbonyl (C=O) groups is 2. The van der Waals surface area contributed by atoms with Crippen molar-refractivity contribution >= 4 is 51.6 Å². The monoisotopic (exact) mass is 537 g/mol. The highest BCUT2D eigenvalue weighted by Crippen LogP contribution is 2.42. The van der Waals surface area contributed by atoms with Gasteiger partial charge in [-0.1, -0.05) is 19.3 Å². The summed E-state index contributed by atoms with van der Waals surface area (Å²) in [5, 5.41) is 20.0. The van der Waals surface area contributed by atoms with Gasteiger partial charge in [-0.15, -0.1) is 0 Å². The Morgan fingerprint density at radius 1 is 0.781 bits per heavy atom. The summed E-state index contributed by atoms with van der Waals surface area (Å²) < 4.78 is 53.1. The lowest BCUT2D eigenvalue weighted by molar-refractivity contribution is 0.0766. The van der Waals surface area contributed by atoms with E-state index in [1.807, 2.05) is 0 Å². The SMILES string of the molecule is CS(=O)(=O)SC1(COC(=O)O)CCCCC1.CS(=O)(=O)SC1(COC(=O)O)CCNCC1. The Bertz CT molecular complexity index is 761. The maximum Gasteiger partial charge on any atom is 0.505 e. The van der Waals surface area contributed by atoms with Gasteiger partial charge in [-0.2, -0.15) is 0 Å². The number of rotatable bonds is 8. The fraction of sp³-hybridized carbons (Fsp3) is 0.882. The van der Waals surface area contributed by atoms with Crippen LogP contribution >= 0.6 is 21.6 Å². The first-order valence-corrected chi connectivity index (χ1v) is 16.3. The van der Waals surface area contributed by atoms with Crippen LogP contribution in [-0.4, -0.2) is 87.7 Å². The Kier molecular flexibility index (Phi) is 11.4. The van der Waals surface area contributed by atoms with E-state index in [0.29, 0.717) is 38.8 Å². The highest BCUT2D eigenvalue weighted by atomic mass is 33.1. The van der Waals surface area contributed by atoms with Crippen molar-refractivity contribution in [3.63, 3.8) is 0 Å². The second-order valence-electron chi connectivity index (χ2n) is 7.86. The molecule has 2 aliphatic rings. The molecule has 1 aliphatic heterocycles. The molecule has 1 saturated carbocycles. The van der Waals surface area contributed by atoms with Gasteiger partial charge >= 0.3 is 12.3 Å². The highest BCUT2D eigenvalue weighted by Gasteiger charge is 2.39. The molecule has 2 fully saturated rings. The van der Waals surface area contributed by atoms with Gasteiger partial charge in [-0.3, -0.25) is 0 Å². The molecule has 15 heteroatoms. The van der Waals surface area contributed by atoms with Gasteiger partial charge in [0.2, 0.25) is 0 Å². The average Bonchev–Trinajstić information content (AvgIpc) is 2.64. The molecule has 0 amide bonds. The van der Waals surface area contributed by atoms with Crippen LogP contribution in [0.15, 0.2) is 0 Å². The third kappa shape index (κ3) is 12.4. The molecule has 0 aromatic rings. The van der Waals surface area contributed by atoms with Gasteiger partial charge < -0.3 is 25.0 Å². The average molecular weight is 538 g/mol. The Balaban J connectivity index is 0.000000320. The first kappa shape index (κ1) is 29.1. The normalized spacial score (nSPS) is 20.3. The highest BCUT2D eigenvalue weighted by molar-refractivity contribution is 8.72. The van der Waals surface area contributed by atoms with Gasteiger partial charge in [0, 0.05) is 12.5 Å². The lowest BCUT2D eigenvalue weighted by Gasteiger charge is -2.34. The van der Waals surface area contributed by atoms with Crippen LogP contribution in [0.5, 0.6) is 0 Å². The molecule has 0 atom stereocenters. The van der Waals surface area contributed by atoms with Gasteiger partial charge in [0.05, 0.1) is 9.49 Å². The summed E-state index contributed by atoms with van der Waals surface area (Å²) >= 11 is 0. The summed E-state index contributed by atoms with van der Waals surface area (Å²) in [4.78, 5) is 20.7. The summed E-state index contributed by atoms with van der Waals surface area (Å²) in [5.74, 6) is 0. The van der Waals surface area contributed by atoms with Gasteiger partial charge in [0.15, 0.2) is 17.7 Å². The van der Waals surface area contributed by atoms with E-state index in [4.69, 9.17) is 10.2 Å². The lowest BCUT2D eigenvalue weighted by Crippen LogP contribution is -2.44.